The molecule has 0 aliphatic carbocycles. The molecular formula is C22H24BrNO5. The minimum atomic E-state index is -0.263. The SMILES string of the molecule is COc1cc(/C=C/C(=O)Nc2cc3c(cc2Br)OCCO3)ccc1OCC(C)C. The van der Waals surface area contributed by atoms with Crippen molar-refractivity contribution in [2.75, 3.05) is 32.2 Å². The van der Waals surface area contributed by atoms with E-state index in [1.165, 1.54) is 6.08 Å². The van der Waals surface area contributed by atoms with E-state index < -0.39 is 0 Å². The van der Waals surface area contributed by atoms with Gasteiger partial charge in [-0.15, -0.1) is 0 Å². The lowest BCUT2D eigenvalue weighted by atomic mass is 10.2. The third kappa shape index (κ3) is 5.67. The van der Waals surface area contributed by atoms with Crippen LogP contribution in [-0.2, 0) is 4.79 Å². The van der Waals surface area contributed by atoms with E-state index in [-0.39, 0.29) is 5.91 Å². The van der Waals surface area contributed by atoms with Crippen molar-refractivity contribution in [3.05, 3.63) is 46.4 Å². The van der Waals surface area contributed by atoms with Crippen LogP contribution in [-0.4, -0.2) is 32.8 Å². The van der Waals surface area contributed by atoms with Gasteiger partial charge in [-0.3, -0.25) is 4.79 Å². The zero-order valence-electron chi connectivity index (χ0n) is 16.7. The van der Waals surface area contributed by atoms with Crippen molar-refractivity contribution < 1.29 is 23.7 Å². The molecule has 0 unspecified atom stereocenters. The van der Waals surface area contributed by atoms with Gasteiger partial charge in [0.1, 0.15) is 13.2 Å². The predicted octanol–water partition coefficient (Wildman–Crippen LogP) is 4.92. The van der Waals surface area contributed by atoms with E-state index >= 15 is 0 Å². The average molecular weight is 462 g/mol. The maximum atomic E-state index is 12.4. The standard InChI is InChI=1S/C22H24BrNO5/c1-14(2)13-29-18-6-4-15(10-19(18)26-3)5-7-22(25)24-17-12-21-20(11-16(17)23)27-8-9-28-21/h4-7,10-12,14H,8-9,13H2,1-3H3,(H,24,25)/b7-5+. The number of hydrogen-bond donors (Lipinski definition) is 1. The van der Waals surface area contributed by atoms with Gasteiger partial charge in [0.25, 0.3) is 0 Å². The molecule has 0 atom stereocenters. The number of rotatable bonds is 7. The zero-order valence-corrected chi connectivity index (χ0v) is 18.2. The van der Waals surface area contributed by atoms with Gasteiger partial charge in [0.2, 0.25) is 5.91 Å². The minimum Gasteiger partial charge on any atom is -0.493 e. The average Bonchev–Trinajstić information content (AvgIpc) is 2.71. The van der Waals surface area contributed by atoms with Crippen molar-refractivity contribution in [1.82, 2.24) is 0 Å². The minimum absolute atomic E-state index is 0.263. The first kappa shape index (κ1) is 21.0. The van der Waals surface area contributed by atoms with Crippen molar-refractivity contribution in [1.29, 1.82) is 0 Å². The van der Waals surface area contributed by atoms with Crippen LogP contribution in [0.25, 0.3) is 6.08 Å². The molecule has 0 saturated heterocycles. The molecule has 0 spiro atoms. The highest BCUT2D eigenvalue weighted by Crippen LogP contribution is 2.38. The molecule has 154 valence electrons. The van der Waals surface area contributed by atoms with Crippen molar-refractivity contribution in [2.45, 2.75) is 13.8 Å². The quantitative estimate of drug-likeness (QED) is 0.592. The number of fused-ring (bicyclic) bond motifs is 1. The summed E-state index contributed by atoms with van der Waals surface area (Å²) in [5.74, 6) is 2.74. The number of carbonyl (C=O) groups excluding carboxylic acids is 1. The van der Waals surface area contributed by atoms with Crippen LogP contribution in [0.3, 0.4) is 0 Å². The van der Waals surface area contributed by atoms with E-state index in [0.717, 1.165) is 10.0 Å². The number of ether oxygens (including phenoxy) is 4. The Morgan fingerprint density at radius 1 is 1.17 bits per heavy atom. The molecule has 1 aliphatic rings. The molecule has 1 amide bonds. The van der Waals surface area contributed by atoms with Gasteiger partial charge in [-0.1, -0.05) is 19.9 Å². The Morgan fingerprint density at radius 2 is 1.90 bits per heavy atom. The third-order valence-electron chi connectivity index (χ3n) is 4.08. The molecule has 1 aliphatic heterocycles. The summed E-state index contributed by atoms with van der Waals surface area (Å²) < 4.78 is 23.0. The molecule has 0 aromatic heterocycles. The van der Waals surface area contributed by atoms with Crippen molar-refractivity contribution in [3.8, 4) is 23.0 Å². The summed E-state index contributed by atoms with van der Waals surface area (Å²) in [6.07, 6.45) is 3.18. The Morgan fingerprint density at radius 3 is 2.59 bits per heavy atom. The molecule has 2 aromatic rings. The largest absolute Gasteiger partial charge is 0.493 e. The smallest absolute Gasteiger partial charge is 0.248 e. The van der Waals surface area contributed by atoms with Crippen LogP contribution in [0.15, 0.2) is 40.9 Å². The number of carbonyl (C=O) groups is 1. The van der Waals surface area contributed by atoms with Gasteiger partial charge < -0.3 is 24.3 Å². The normalized spacial score (nSPS) is 12.9. The van der Waals surface area contributed by atoms with Crippen LogP contribution in [0.5, 0.6) is 23.0 Å². The van der Waals surface area contributed by atoms with Crippen LogP contribution in [0.2, 0.25) is 0 Å². The third-order valence-corrected chi connectivity index (χ3v) is 4.73. The number of anilines is 1. The molecular weight excluding hydrogens is 438 g/mol. The van der Waals surface area contributed by atoms with E-state index in [1.807, 2.05) is 18.2 Å². The number of benzene rings is 2. The highest BCUT2D eigenvalue weighted by Gasteiger charge is 2.15. The van der Waals surface area contributed by atoms with Crippen molar-refractivity contribution in [2.24, 2.45) is 5.92 Å². The first-order chi connectivity index (χ1) is 14.0. The number of hydrogen-bond acceptors (Lipinski definition) is 5. The van der Waals surface area contributed by atoms with Crippen LogP contribution in [0, 0.1) is 5.92 Å². The van der Waals surface area contributed by atoms with E-state index in [9.17, 15) is 4.79 Å². The van der Waals surface area contributed by atoms with Gasteiger partial charge in [0, 0.05) is 22.7 Å². The summed E-state index contributed by atoms with van der Waals surface area (Å²) in [7, 11) is 1.59. The molecule has 6 nitrogen and oxygen atoms in total. The second-order valence-electron chi connectivity index (χ2n) is 6.91. The Balaban J connectivity index is 1.67. The topological polar surface area (TPSA) is 66.0 Å². The lowest BCUT2D eigenvalue weighted by Gasteiger charge is -2.19. The molecule has 3 rings (SSSR count). The maximum Gasteiger partial charge on any atom is 0.248 e. The van der Waals surface area contributed by atoms with Crippen molar-refractivity contribution >= 4 is 33.6 Å². The Bertz CT molecular complexity index is 910. The second-order valence-corrected chi connectivity index (χ2v) is 7.77. The fourth-order valence-corrected chi connectivity index (χ4v) is 3.09. The summed E-state index contributed by atoms with van der Waals surface area (Å²) in [5, 5.41) is 2.84. The van der Waals surface area contributed by atoms with Crippen LogP contribution in [0.1, 0.15) is 19.4 Å². The Kier molecular flexibility index (Phi) is 7.04. The molecule has 29 heavy (non-hydrogen) atoms. The van der Waals surface area contributed by atoms with Crippen LogP contribution < -0.4 is 24.3 Å². The summed E-state index contributed by atoms with van der Waals surface area (Å²) in [4.78, 5) is 12.4. The van der Waals surface area contributed by atoms with E-state index in [2.05, 4.69) is 35.1 Å². The first-order valence-corrected chi connectivity index (χ1v) is 10.1. The van der Waals surface area contributed by atoms with Gasteiger partial charge in [-0.25, -0.2) is 0 Å². The Labute approximate surface area is 178 Å². The molecule has 1 heterocycles. The highest BCUT2D eigenvalue weighted by molar-refractivity contribution is 9.10. The fraction of sp³-hybridized carbons (Fsp3) is 0.318. The van der Waals surface area contributed by atoms with E-state index in [0.29, 0.717) is 54.4 Å². The molecule has 2 aromatic carbocycles. The summed E-state index contributed by atoms with van der Waals surface area (Å²) in [5.41, 5.74) is 1.44. The van der Waals surface area contributed by atoms with Crippen LogP contribution >= 0.6 is 15.9 Å². The number of amides is 1. The number of halogens is 1. The number of methoxy groups -OCH3 is 1. The summed E-state index contributed by atoms with van der Waals surface area (Å²) in [6.45, 7) is 5.78. The van der Waals surface area contributed by atoms with E-state index in [1.54, 1.807) is 25.3 Å². The van der Waals surface area contributed by atoms with Gasteiger partial charge in [-0.05, 0) is 45.6 Å². The number of nitrogens with one attached hydrogen (secondary N) is 1. The van der Waals surface area contributed by atoms with Gasteiger partial charge in [0.05, 0.1) is 19.4 Å². The van der Waals surface area contributed by atoms with Crippen molar-refractivity contribution in [3.63, 3.8) is 0 Å². The molecule has 1 N–H and O–H groups in total. The highest BCUT2D eigenvalue weighted by atomic mass is 79.9. The summed E-state index contributed by atoms with van der Waals surface area (Å²) >= 11 is 3.45. The van der Waals surface area contributed by atoms with Gasteiger partial charge in [-0.2, -0.15) is 0 Å². The lowest BCUT2D eigenvalue weighted by Crippen LogP contribution is -2.16. The maximum absolute atomic E-state index is 12.4. The van der Waals surface area contributed by atoms with Crippen LogP contribution in [0.4, 0.5) is 5.69 Å². The van der Waals surface area contributed by atoms with Gasteiger partial charge >= 0.3 is 0 Å². The monoisotopic (exact) mass is 461 g/mol. The van der Waals surface area contributed by atoms with E-state index in [4.69, 9.17) is 18.9 Å². The molecule has 0 saturated carbocycles. The Hall–Kier alpha value is -2.67. The molecule has 0 fully saturated rings. The zero-order chi connectivity index (χ0) is 20.8. The first-order valence-electron chi connectivity index (χ1n) is 9.35. The second kappa shape index (κ2) is 9.69. The van der Waals surface area contributed by atoms with Gasteiger partial charge in [0.15, 0.2) is 23.0 Å². The molecule has 0 bridgehead atoms. The molecule has 0 radical (unpaired) electrons. The predicted molar refractivity (Wildman–Crippen MR) is 116 cm³/mol. The summed E-state index contributed by atoms with van der Waals surface area (Å²) in [6, 6.07) is 9.08. The fourth-order valence-electron chi connectivity index (χ4n) is 2.67. The molecule has 7 heteroatoms. The lowest BCUT2D eigenvalue weighted by molar-refractivity contribution is -0.111.